The van der Waals surface area contributed by atoms with Gasteiger partial charge in [-0.2, -0.15) is 0 Å². The van der Waals surface area contributed by atoms with E-state index in [4.69, 9.17) is 0 Å². The minimum atomic E-state index is -0.355. The first-order valence-corrected chi connectivity index (χ1v) is 8.64. The number of aromatic amines is 1. The fourth-order valence-corrected chi connectivity index (χ4v) is 2.98. The van der Waals surface area contributed by atoms with Crippen molar-refractivity contribution in [2.24, 2.45) is 0 Å². The van der Waals surface area contributed by atoms with Crippen LogP contribution in [0.15, 0.2) is 34.2 Å². The molecule has 7 heteroatoms. The number of hydrogen-bond acceptors (Lipinski definition) is 4. The van der Waals surface area contributed by atoms with Crippen molar-refractivity contribution in [3.63, 3.8) is 0 Å². The van der Waals surface area contributed by atoms with E-state index in [0.29, 0.717) is 11.7 Å². The van der Waals surface area contributed by atoms with Crippen molar-refractivity contribution in [3.05, 3.63) is 40.3 Å². The molecule has 1 amide bonds. The van der Waals surface area contributed by atoms with Crippen LogP contribution in [0.2, 0.25) is 0 Å². The maximum absolute atomic E-state index is 12.3. The molecule has 2 rings (SSSR count). The number of hydrogen-bond donors (Lipinski definition) is 2. The summed E-state index contributed by atoms with van der Waals surface area (Å²) in [6.07, 6.45) is 1.80. The fourth-order valence-electron chi connectivity index (χ4n) is 2.09. The number of nitrogens with one attached hydrogen (secondary N) is 2. The number of aryl methyl sites for hydroxylation is 1. The Morgan fingerprint density at radius 2 is 2.04 bits per heavy atom. The zero-order valence-electron chi connectivity index (χ0n) is 13.6. The molecule has 1 aromatic carbocycles. The smallest absolute Gasteiger partial charge is 0.325 e. The van der Waals surface area contributed by atoms with Crippen LogP contribution in [0.5, 0.6) is 0 Å². The normalized spacial score (nSPS) is 12.1. The number of thioether (sulfide) groups is 1. The number of benzene rings is 1. The van der Waals surface area contributed by atoms with Crippen LogP contribution >= 0.6 is 11.8 Å². The summed E-state index contributed by atoms with van der Waals surface area (Å²) in [4.78, 5) is 24.0. The standard InChI is InChI=1S/C16H22N4O2S/c1-4-10-20-15(22)18-19-16(20)23-11(3)14(21)17-13-8-6-12(5-2)7-9-13/h6-9,11H,4-5,10H2,1-3H3,(H,17,21)(H,18,22)/t11-/m0/s1. The van der Waals surface area contributed by atoms with Gasteiger partial charge >= 0.3 is 5.69 Å². The van der Waals surface area contributed by atoms with Gasteiger partial charge in [-0.3, -0.25) is 9.36 Å². The molecule has 0 fully saturated rings. The molecule has 0 saturated heterocycles. The molecule has 0 aliphatic heterocycles. The molecule has 0 bridgehead atoms. The Morgan fingerprint density at radius 3 is 2.65 bits per heavy atom. The Kier molecular flexibility index (Phi) is 6.04. The van der Waals surface area contributed by atoms with E-state index in [1.807, 2.05) is 31.2 Å². The van der Waals surface area contributed by atoms with E-state index >= 15 is 0 Å². The SMILES string of the molecule is CCCn1c(S[C@@H](C)C(=O)Nc2ccc(CC)cc2)n[nH]c1=O. The predicted octanol–water partition coefficient (Wildman–Crippen LogP) is 2.66. The maximum atomic E-state index is 12.3. The Bertz CT molecular complexity index is 706. The number of carbonyl (C=O) groups is 1. The number of carbonyl (C=O) groups excluding carboxylic acids is 1. The van der Waals surface area contributed by atoms with Gasteiger partial charge in [-0.25, -0.2) is 9.89 Å². The minimum absolute atomic E-state index is 0.113. The highest BCUT2D eigenvalue weighted by Crippen LogP contribution is 2.21. The summed E-state index contributed by atoms with van der Waals surface area (Å²) >= 11 is 1.27. The van der Waals surface area contributed by atoms with Crippen molar-refractivity contribution < 1.29 is 4.79 Å². The molecule has 1 aromatic heterocycles. The second-order valence-corrected chi connectivity index (χ2v) is 6.57. The maximum Gasteiger partial charge on any atom is 0.343 e. The van der Waals surface area contributed by atoms with Crippen molar-refractivity contribution in [1.29, 1.82) is 0 Å². The van der Waals surface area contributed by atoms with Crippen LogP contribution < -0.4 is 11.0 Å². The molecule has 2 N–H and O–H groups in total. The summed E-state index contributed by atoms with van der Waals surface area (Å²) in [7, 11) is 0. The van der Waals surface area contributed by atoms with Crippen LogP contribution in [0.1, 0.15) is 32.8 Å². The van der Waals surface area contributed by atoms with Gasteiger partial charge in [0.1, 0.15) is 0 Å². The molecule has 1 heterocycles. The number of H-pyrrole nitrogens is 1. The first-order valence-electron chi connectivity index (χ1n) is 7.76. The molecule has 0 unspecified atom stereocenters. The largest absolute Gasteiger partial charge is 0.343 e. The van der Waals surface area contributed by atoms with Gasteiger partial charge in [0.2, 0.25) is 5.91 Å². The van der Waals surface area contributed by atoms with Crippen LogP contribution in [0.4, 0.5) is 5.69 Å². The third-order valence-corrected chi connectivity index (χ3v) is 4.54. The Morgan fingerprint density at radius 1 is 1.35 bits per heavy atom. The van der Waals surface area contributed by atoms with Crippen LogP contribution in [0.3, 0.4) is 0 Å². The highest BCUT2D eigenvalue weighted by atomic mass is 32.2. The number of anilines is 1. The molecule has 0 saturated carbocycles. The Labute approximate surface area is 139 Å². The lowest BCUT2D eigenvalue weighted by Gasteiger charge is -2.12. The molecular formula is C16H22N4O2S. The third-order valence-electron chi connectivity index (χ3n) is 3.45. The average Bonchev–Trinajstić information content (AvgIpc) is 2.89. The molecule has 124 valence electrons. The summed E-state index contributed by atoms with van der Waals surface area (Å²) in [6.45, 7) is 6.47. The lowest BCUT2D eigenvalue weighted by Crippen LogP contribution is -2.24. The van der Waals surface area contributed by atoms with Crippen molar-refractivity contribution in [3.8, 4) is 0 Å². The molecule has 0 aliphatic carbocycles. The zero-order chi connectivity index (χ0) is 16.8. The van der Waals surface area contributed by atoms with Crippen molar-refractivity contribution in [2.45, 2.75) is 50.6 Å². The first-order chi connectivity index (χ1) is 11.0. The van der Waals surface area contributed by atoms with E-state index in [2.05, 4.69) is 22.4 Å². The van der Waals surface area contributed by atoms with Gasteiger partial charge in [0.05, 0.1) is 5.25 Å². The summed E-state index contributed by atoms with van der Waals surface area (Å²) in [6, 6.07) is 7.80. The van der Waals surface area contributed by atoms with E-state index in [0.717, 1.165) is 18.5 Å². The molecule has 6 nitrogen and oxygen atoms in total. The molecule has 2 aromatic rings. The Hall–Kier alpha value is -2.02. The number of rotatable bonds is 7. The molecule has 0 spiro atoms. The predicted molar refractivity (Wildman–Crippen MR) is 92.9 cm³/mol. The van der Waals surface area contributed by atoms with E-state index in [1.165, 1.54) is 17.3 Å². The van der Waals surface area contributed by atoms with E-state index < -0.39 is 0 Å². The van der Waals surface area contributed by atoms with E-state index in [9.17, 15) is 9.59 Å². The monoisotopic (exact) mass is 334 g/mol. The fraction of sp³-hybridized carbons (Fsp3) is 0.438. The lowest BCUT2D eigenvalue weighted by atomic mass is 10.1. The Balaban J connectivity index is 2.00. The van der Waals surface area contributed by atoms with Gasteiger partial charge in [0.15, 0.2) is 5.16 Å². The summed E-state index contributed by atoms with van der Waals surface area (Å²) in [5, 5.41) is 9.50. The van der Waals surface area contributed by atoms with Gasteiger partial charge in [-0.15, -0.1) is 5.10 Å². The van der Waals surface area contributed by atoms with Crippen LogP contribution in [-0.2, 0) is 17.8 Å². The highest BCUT2D eigenvalue weighted by molar-refractivity contribution is 8.00. The molecule has 1 atom stereocenters. The van der Waals surface area contributed by atoms with Gasteiger partial charge in [-0.05, 0) is 37.5 Å². The van der Waals surface area contributed by atoms with Gasteiger partial charge < -0.3 is 5.32 Å². The molecule has 23 heavy (non-hydrogen) atoms. The number of nitrogens with zero attached hydrogens (tertiary/aromatic N) is 2. The second-order valence-electron chi connectivity index (χ2n) is 5.26. The van der Waals surface area contributed by atoms with E-state index in [1.54, 1.807) is 11.5 Å². The van der Waals surface area contributed by atoms with Gasteiger partial charge in [-0.1, -0.05) is 37.7 Å². The summed E-state index contributed by atoms with van der Waals surface area (Å²) < 4.78 is 1.56. The summed E-state index contributed by atoms with van der Waals surface area (Å²) in [5.74, 6) is -0.113. The molecule has 0 radical (unpaired) electrons. The van der Waals surface area contributed by atoms with Crippen LogP contribution in [0.25, 0.3) is 0 Å². The number of aromatic nitrogens is 3. The van der Waals surface area contributed by atoms with Gasteiger partial charge in [0, 0.05) is 12.2 Å². The molecule has 0 aliphatic rings. The third kappa shape index (κ3) is 4.48. The molecular weight excluding hydrogens is 312 g/mol. The highest BCUT2D eigenvalue weighted by Gasteiger charge is 2.18. The summed E-state index contributed by atoms with van der Waals surface area (Å²) in [5.41, 5.74) is 1.76. The quantitative estimate of drug-likeness (QED) is 0.763. The topological polar surface area (TPSA) is 79.8 Å². The first kappa shape index (κ1) is 17.3. The van der Waals surface area contributed by atoms with Crippen molar-refractivity contribution >= 4 is 23.4 Å². The van der Waals surface area contributed by atoms with Crippen LogP contribution in [0, 0.1) is 0 Å². The second kappa shape index (κ2) is 8.01. The van der Waals surface area contributed by atoms with Crippen molar-refractivity contribution in [2.75, 3.05) is 5.32 Å². The minimum Gasteiger partial charge on any atom is -0.325 e. The zero-order valence-corrected chi connectivity index (χ0v) is 14.4. The lowest BCUT2D eigenvalue weighted by molar-refractivity contribution is -0.115. The van der Waals surface area contributed by atoms with E-state index in [-0.39, 0.29) is 16.8 Å². The van der Waals surface area contributed by atoms with Crippen molar-refractivity contribution in [1.82, 2.24) is 14.8 Å². The number of amides is 1. The average molecular weight is 334 g/mol. The van der Waals surface area contributed by atoms with Crippen LogP contribution in [-0.4, -0.2) is 25.9 Å². The van der Waals surface area contributed by atoms with Gasteiger partial charge in [0.25, 0.3) is 0 Å².